The summed E-state index contributed by atoms with van der Waals surface area (Å²) in [7, 11) is 0. The number of hydrogen-bond acceptors (Lipinski definition) is 7. The van der Waals surface area contributed by atoms with Crippen molar-refractivity contribution in [2.75, 3.05) is 0 Å². The maximum absolute atomic E-state index is 12.7. The van der Waals surface area contributed by atoms with E-state index in [0.29, 0.717) is 15.2 Å². The molecular formula is C22H23ClN8OS. The molecule has 6 rings (SSSR count). The van der Waals surface area contributed by atoms with Crippen molar-refractivity contribution in [1.82, 2.24) is 40.0 Å². The number of carbonyl (C=O) groups is 1. The molecule has 2 fully saturated rings. The third-order valence-corrected chi connectivity index (χ3v) is 7.61. The first-order valence-corrected chi connectivity index (χ1v) is 12.5. The van der Waals surface area contributed by atoms with Crippen molar-refractivity contribution in [2.45, 2.75) is 57.0 Å². The highest BCUT2D eigenvalue weighted by Crippen LogP contribution is 2.38. The highest BCUT2D eigenvalue weighted by atomic mass is 35.5. The molecule has 0 aromatic carbocycles. The van der Waals surface area contributed by atoms with Gasteiger partial charge in [-0.25, -0.2) is 15.0 Å². The van der Waals surface area contributed by atoms with Crippen LogP contribution in [0.15, 0.2) is 24.8 Å². The Labute approximate surface area is 199 Å². The molecule has 2 saturated carbocycles. The molecule has 0 bridgehead atoms. The Morgan fingerprint density at radius 2 is 2.12 bits per heavy atom. The molecule has 0 spiro atoms. The van der Waals surface area contributed by atoms with Gasteiger partial charge in [0.25, 0.3) is 5.91 Å². The zero-order valence-electron chi connectivity index (χ0n) is 17.9. The quantitative estimate of drug-likeness (QED) is 0.426. The number of nitrogens with zero attached hydrogens (tertiary/aromatic N) is 6. The second-order valence-electron chi connectivity index (χ2n) is 8.90. The van der Waals surface area contributed by atoms with Crippen LogP contribution in [0.2, 0.25) is 4.34 Å². The summed E-state index contributed by atoms with van der Waals surface area (Å²) in [5, 5.41) is 10.4. The van der Waals surface area contributed by atoms with Crippen LogP contribution in [0.5, 0.6) is 0 Å². The van der Waals surface area contributed by atoms with E-state index >= 15 is 0 Å². The molecule has 0 aliphatic heterocycles. The molecule has 0 radical (unpaired) electrons. The molecule has 2 atom stereocenters. The summed E-state index contributed by atoms with van der Waals surface area (Å²) >= 11 is 7.16. The maximum Gasteiger partial charge on any atom is 0.280 e. The minimum atomic E-state index is -0.150. The maximum atomic E-state index is 12.7. The van der Waals surface area contributed by atoms with Crippen LogP contribution >= 0.6 is 22.9 Å². The number of imidazole rings is 1. The van der Waals surface area contributed by atoms with Crippen molar-refractivity contribution in [3.05, 3.63) is 40.0 Å². The third-order valence-electron chi connectivity index (χ3n) is 6.49. The first kappa shape index (κ1) is 20.7. The largest absolute Gasteiger partial charge is 0.347 e. The number of nitrogens with one attached hydrogen (secondary N) is 2. The Kier molecular flexibility index (Phi) is 5.34. The summed E-state index contributed by atoms with van der Waals surface area (Å²) < 4.78 is 2.92. The summed E-state index contributed by atoms with van der Waals surface area (Å²) in [5.74, 6) is 2.33. The molecule has 4 aromatic heterocycles. The summed E-state index contributed by atoms with van der Waals surface area (Å²) in [6.45, 7) is 0. The smallest absolute Gasteiger partial charge is 0.280 e. The molecule has 4 heterocycles. The number of aromatic amines is 1. The predicted octanol–water partition coefficient (Wildman–Crippen LogP) is 4.19. The van der Waals surface area contributed by atoms with Gasteiger partial charge in [-0.05, 0) is 50.5 Å². The highest BCUT2D eigenvalue weighted by Gasteiger charge is 2.31. The van der Waals surface area contributed by atoms with E-state index in [1.54, 1.807) is 0 Å². The number of H-pyrrole nitrogens is 1. The molecule has 2 N–H and O–H groups in total. The molecule has 9 nitrogen and oxygen atoms in total. The fraction of sp³-hybridized carbons (Fsp3) is 0.455. The van der Waals surface area contributed by atoms with E-state index in [2.05, 4.69) is 41.1 Å². The van der Waals surface area contributed by atoms with Crippen LogP contribution in [-0.4, -0.2) is 46.6 Å². The van der Waals surface area contributed by atoms with Gasteiger partial charge in [-0.1, -0.05) is 22.9 Å². The number of amides is 1. The van der Waals surface area contributed by atoms with Gasteiger partial charge in [0.2, 0.25) is 0 Å². The molecule has 4 aromatic rings. The van der Waals surface area contributed by atoms with Gasteiger partial charge >= 0.3 is 0 Å². The van der Waals surface area contributed by atoms with E-state index < -0.39 is 0 Å². The molecule has 170 valence electrons. The predicted molar refractivity (Wildman–Crippen MR) is 125 cm³/mol. The Balaban J connectivity index is 1.31. The van der Waals surface area contributed by atoms with E-state index in [4.69, 9.17) is 16.6 Å². The number of aromatic nitrogens is 7. The van der Waals surface area contributed by atoms with Gasteiger partial charge < -0.3 is 9.88 Å². The summed E-state index contributed by atoms with van der Waals surface area (Å²) in [6, 6.07) is 2.40. The molecule has 11 heteroatoms. The van der Waals surface area contributed by atoms with E-state index in [1.807, 2.05) is 6.20 Å². The number of hydrogen-bond donors (Lipinski definition) is 2. The van der Waals surface area contributed by atoms with Gasteiger partial charge in [0, 0.05) is 18.5 Å². The Hall–Kier alpha value is -2.85. The average molecular weight is 483 g/mol. The highest BCUT2D eigenvalue weighted by molar-refractivity contribution is 7.17. The second-order valence-corrected chi connectivity index (χ2v) is 10.6. The lowest BCUT2D eigenvalue weighted by Crippen LogP contribution is -2.39. The molecule has 33 heavy (non-hydrogen) atoms. The molecule has 1 amide bonds. The standard InChI is InChI=1S/C22H23ClN8OS/c23-18-10-25-22(33-18)21(32)28-13-2-1-3-14(7-13)31-17-8-15(20-26-11-27-30-20)24-9-16(17)29-19(31)6-12-4-5-12/h8-14H,1-7H2,(H,28,32)(H,26,27,30). The lowest BCUT2D eigenvalue weighted by molar-refractivity contribution is 0.0920. The van der Waals surface area contributed by atoms with E-state index in [1.165, 1.54) is 36.7 Å². The topological polar surface area (TPSA) is 114 Å². The number of pyridine rings is 1. The second kappa shape index (κ2) is 8.49. The van der Waals surface area contributed by atoms with Crippen LogP contribution in [0.3, 0.4) is 0 Å². The van der Waals surface area contributed by atoms with Crippen molar-refractivity contribution in [3.8, 4) is 11.5 Å². The van der Waals surface area contributed by atoms with Crippen LogP contribution in [0.4, 0.5) is 0 Å². The van der Waals surface area contributed by atoms with Gasteiger partial charge in [0.15, 0.2) is 10.8 Å². The normalized spacial score (nSPS) is 20.9. The van der Waals surface area contributed by atoms with E-state index in [0.717, 1.165) is 60.6 Å². The van der Waals surface area contributed by atoms with Crippen LogP contribution in [0, 0.1) is 5.92 Å². The number of halogens is 1. The van der Waals surface area contributed by atoms with Gasteiger partial charge in [0.05, 0.1) is 17.9 Å². The van der Waals surface area contributed by atoms with Crippen LogP contribution < -0.4 is 5.32 Å². The number of fused-ring (bicyclic) bond motifs is 1. The summed E-state index contributed by atoms with van der Waals surface area (Å²) in [5.41, 5.74) is 2.72. The summed E-state index contributed by atoms with van der Waals surface area (Å²) in [4.78, 5) is 30.6. The van der Waals surface area contributed by atoms with Crippen LogP contribution in [-0.2, 0) is 6.42 Å². The van der Waals surface area contributed by atoms with Crippen molar-refractivity contribution >= 4 is 39.9 Å². The lowest BCUT2D eigenvalue weighted by atomic mass is 9.90. The zero-order chi connectivity index (χ0) is 22.4. The molecule has 0 saturated heterocycles. The van der Waals surface area contributed by atoms with Crippen molar-refractivity contribution in [2.24, 2.45) is 5.92 Å². The minimum absolute atomic E-state index is 0.0840. The van der Waals surface area contributed by atoms with Gasteiger partial charge in [0.1, 0.15) is 27.7 Å². The van der Waals surface area contributed by atoms with Crippen molar-refractivity contribution < 1.29 is 4.79 Å². The number of carbonyl (C=O) groups excluding carboxylic acids is 1. The zero-order valence-corrected chi connectivity index (χ0v) is 19.4. The Bertz CT molecular complexity index is 1300. The van der Waals surface area contributed by atoms with Crippen LogP contribution in [0.25, 0.3) is 22.6 Å². The summed E-state index contributed by atoms with van der Waals surface area (Å²) in [6.07, 6.45) is 12.3. The number of rotatable bonds is 6. The lowest BCUT2D eigenvalue weighted by Gasteiger charge is -2.32. The van der Waals surface area contributed by atoms with E-state index in [-0.39, 0.29) is 18.0 Å². The molecule has 2 aliphatic rings. The first-order chi connectivity index (χ1) is 16.1. The SMILES string of the molecule is O=C(NC1CCCC(n2c(CC3CC3)nc3cnc(-c4ncn[nH]4)cc32)C1)c1ncc(Cl)s1. The van der Waals surface area contributed by atoms with E-state index in [9.17, 15) is 4.79 Å². The first-order valence-electron chi connectivity index (χ1n) is 11.3. The monoisotopic (exact) mass is 482 g/mol. The fourth-order valence-corrected chi connectivity index (χ4v) is 5.59. The molecule has 2 unspecified atom stereocenters. The Morgan fingerprint density at radius 1 is 1.21 bits per heavy atom. The Morgan fingerprint density at radius 3 is 2.88 bits per heavy atom. The van der Waals surface area contributed by atoms with Crippen LogP contribution in [0.1, 0.15) is 60.2 Å². The van der Waals surface area contributed by atoms with Gasteiger partial charge in [-0.15, -0.1) is 0 Å². The average Bonchev–Trinajstić information content (AvgIpc) is 3.19. The fourth-order valence-electron chi connectivity index (χ4n) is 4.77. The molecular weight excluding hydrogens is 460 g/mol. The number of thiazole rings is 1. The van der Waals surface area contributed by atoms with Crippen molar-refractivity contribution in [1.29, 1.82) is 0 Å². The van der Waals surface area contributed by atoms with Crippen molar-refractivity contribution in [3.63, 3.8) is 0 Å². The van der Waals surface area contributed by atoms with Gasteiger partial charge in [-0.3, -0.25) is 14.9 Å². The minimum Gasteiger partial charge on any atom is -0.347 e. The van der Waals surface area contributed by atoms with Gasteiger partial charge in [-0.2, -0.15) is 5.10 Å². The molecule has 2 aliphatic carbocycles. The third kappa shape index (κ3) is 4.24.